The van der Waals surface area contributed by atoms with Gasteiger partial charge in [0, 0.05) is 18.0 Å². The number of amides is 1. The second kappa shape index (κ2) is 7.20. The van der Waals surface area contributed by atoms with Crippen LogP contribution in [0.1, 0.15) is 18.4 Å². The summed E-state index contributed by atoms with van der Waals surface area (Å²) in [7, 11) is 0. The largest absolute Gasteiger partial charge is 0.368 e. The number of nitrogens with one attached hydrogen (secondary N) is 2. The first kappa shape index (κ1) is 16.0. The molecule has 1 aliphatic rings. The van der Waals surface area contributed by atoms with Crippen molar-refractivity contribution in [2.45, 2.75) is 29.7 Å². The highest BCUT2D eigenvalue weighted by molar-refractivity contribution is 7.98. The van der Waals surface area contributed by atoms with E-state index >= 15 is 0 Å². The van der Waals surface area contributed by atoms with E-state index in [1.54, 1.807) is 18.0 Å². The fourth-order valence-electron chi connectivity index (χ4n) is 2.76. The van der Waals surface area contributed by atoms with E-state index in [9.17, 15) is 4.79 Å². The number of hydrogen-bond donors (Lipinski definition) is 2. The number of thioether (sulfide) groups is 1. The predicted octanol–water partition coefficient (Wildman–Crippen LogP) is 2.76. The van der Waals surface area contributed by atoms with Crippen molar-refractivity contribution in [2.75, 3.05) is 11.9 Å². The third kappa shape index (κ3) is 3.64. The fraction of sp³-hybridized carbons (Fsp3) is 0.294. The molecule has 0 bridgehead atoms. The molecule has 3 aromatic rings. The highest BCUT2D eigenvalue weighted by atomic mass is 32.2. The number of H-pyrrole nitrogens is 1. The van der Waals surface area contributed by atoms with Crippen molar-refractivity contribution in [1.82, 2.24) is 20.2 Å². The summed E-state index contributed by atoms with van der Waals surface area (Å²) in [5.74, 6) is 0.666. The maximum Gasteiger partial charge on any atom is 0.253 e. The lowest BCUT2D eigenvalue weighted by atomic mass is 10.2. The number of ether oxygens (including phenoxy) is 1. The van der Waals surface area contributed by atoms with E-state index in [1.165, 1.54) is 6.33 Å². The van der Waals surface area contributed by atoms with Gasteiger partial charge in [-0.1, -0.05) is 12.1 Å². The molecular weight excluding hydrogens is 338 g/mol. The lowest BCUT2D eigenvalue weighted by Gasteiger charge is -2.11. The van der Waals surface area contributed by atoms with E-state index in [4.69, 9.17) is 4.74 Å². The highest BCUT2D eigenvalue weighted by Crippen LogP contribution is 2.27. The van der Waals surface area contributed by atoms with E-state index < -0.39 is 0 Å². The van der Waals surface area contributed by atoms with E-state index in [2.05, 4.69) is 25.5 Å². The van der Waals surface area contributed by atoms with Crippen molar-refractivity contribution in [3.63, 3.8) is 0 Å². The van der Waals surface area contributed by atoms with Gasteiger partial charge < -0.3 is 10.1 Å². The Hall–Kier alpha value is -2.45. The van der Waals surface area contributed by atoms with Crippen molar-refractivity contribution >= 4 is 34.4 Å². The lowest BCUT2D eigenvalue weighted by Crippen LogP contribution is -2.26. The fourth-order valence-corrected chi connectivity index (χ4v) is 3.67. The monoisotopic (exact) mass is 355 g/mol. The van der Waals surface area contributed by atoms with Crippen LogP contribution in [0.5, 0.6) is 0 Å². The smallest absolute Gasteiger partial charge is 0.253 e. The minimum Gasteiger partial charge on any atom is -0.368 e. The zero-order chi connectivity index (χ0) is 17.1. The summed E-state index contributed by atoms with van der Waals surface area (Å²) >= 11 is 1.61. The van der Waals surface area contributed by atoms with Crippen LogP contribution in [0.15, 0.2) is 41.8 Å². The van der Waals surface area contributed by atoms with Crippen LogP contribution in [0.2, 0.25) is 0 Å². The summed E-state index contributed by atoms with van der Waals surface area (Å²) in [5.41, 5.74) is 2.62. The summed E-state index contributed by atoms with van der Waals surface area (Å²) in [6.45, 7) is 0.663. The van der Waals surface area contributed by atoms with Gasteiger partial charge in [0.2, 0.25) is 0 Å². The number of anilines is 1. The van der Waals surface area contributed by atoms with Crippen LogP contribution in [0.3, 0.4) is 0 Å². The molecule has 2 N–H and O–H groups in total. The quantitative estimate of drug-likeness (QED) is 0.540. The molecule has 3 heterocycles. The molecule has 0 spiro atoms. The van der Waals surface area contributed by atoms with E-state index in [0.29, 0.717) is 6.61 Å². The molecule has 0 radical (unpaired) electrons. The summed E-state index contributed by atoms with van der Waals surface area (Å²) in [4.78, 5) is 20.6. The van der Waals surface area contributed by atoms with Crippen LogP contribution in [0, 0.1) is 0 Å². The van der Waals surface area contributed by atoms with Crippen LogP contribution in [0.25, 0.3) is 11.0 Å². The lowest BCUT2D eigenvalue weighted by molar-refractivity contribution is -0.124. The topological polar surface area (TPSA) is 92.8 Å². The van der Waals surface area contributed by atoms with E-state index in [-0.39, 0.29) is 12.0 Å². The van der Waals surface area contributed by atoms with Gasteiger partial charge in [-0.3, -0.25) is 9.89 Å². The Morgan fingerprint density at radius 3 is 3.24 bits per heavy atom. The van der Waals surface area contributed by atoms with E-state index in [1.807, 2.05) is 24.3 Å². The number of aromatic amines is 1. The SMILES string of the molecule is O=C(Nc1cccc(CSc2ncnc3[nH]ncc23)c1)C1CCCO1. The summed E-state index contributed by atoms with van der Waals surface area (Å²) < 4.78 is 5.42. The number of benzene rings is 1. The number of aromatic nitrogens is 4. The standard InChI is InChI=1S/C17H17N5O2S/c23-16(14-5-2-6-24-14)21-12-4-1-3-11(7-12)9-25-17-13-8-20-22-15(13)18-10-19-17/h1,3-4,7-8,10,14H,2,5-6,9H2,(H,21,23)(H,18,19,20,22). The average molecular weight is 355 g/mol. The predicted molar refractivity (Wildman–Crippen MR) is 95.3 cm³/mol. The molecule has 0 saturated carbocycles. The molecule has 1 amide bonds. The Morgan fingerprint density at radius 2 is 2.36 bits per heavy atom. The Labute approximate surface area is 148 Å². The Kier molecular flexibility index (Phi) is 4.62. The van der Waals surface area contributed by atoms with Gasteiger partial charge in [-0.25, -0.2) is 9.97 Å². The number of nitrogens with zero attached hydrogens (tertiary/aromatic N) is 3. The first-order chi connectivity index (χ1) is 12.3. The van der Waals surface area contributed by atoms with Crippen LogP contribution in [-0.2, 0) is 15.3 Å². The zero-order valence-electron chi connectivity index (χ0n) is 13.4. The molecule has 8 heteroatoms. The first-order valence-electron chi connectivity index (χ1n) is 8.08. The third-order valence-corrected chi connectivity index (χ3v) is 5.08. The van der Waals surface area contributed by atoms with Crippen molar-refractivity contribution < 1.29 is 9.53 Å². The van der Waals surface area contributed by atoms with Gasteiger partial charge >= 0.3 is 0 Å². The Bertz CT molecular complexity index is 891. The van der Waals surface area contributed by atoms with Gasteiger partial charge in [-0.15, -0.1) is 11.8 Å². The zero-order valence-corrected chi connectivity index (χ0v) is 14.3. The van der Waals surface area contributed by atoms with Gasteiger partial charge in [-0.2, -0.15) is 5.10 Å². The molecule has 1 aliphatic heterocycles. The first-order valence-corrected chi connectivity index (χ1v) is 9.06. The molecule has 128 valence electrons. The maximum absolute atomic E-state index is 12.2. The van der Waals surface area contributed by atoms with Gasteiger partial charge in [0.05, 0.1) is 11.6 Å². The molecule has 2 aromatic heterocycles. The van der Waals surface area contributed by atoms with Crippen molar-refractivity contribution in [3.05, 3.63) is 42.4 Å². The van der Waals surface area contributed by atoms with Crippen molar-refractivity contribution in [1.29, 1.82) is 0 Å². The van der Waals surface area contributed by atoms with Crippen LogP contribution < -0.4 is 5.32 Å². The minimum absolute atomic E-state index is 0.0711. The molecule has 1 fully saturated rings. The molecule has 1 saturated heterocycles. The van der Waals surface area contributed by atoms with Gasteiger partial charge in [0.1, 0.15) is 17.5 Å². The maximum atomic E-state index is 12.2. The highest BCUT2D eigenvalue weighted by Gasteiger charge is 2.23. The third-order valence-electron chi connectivity index (χ3n) is 4.00. The molecular formula is C17H17N5O2S. The second-order valence-electron chi connectivity index (χ2n) is 5.79. The molecule has 25 heavy (non-hydrogen) atoms. The summed E-state index contributed by atoms with van der Waals surface area (Å²) in [6.07, 6.45) is 4.66. The molecule has 1 unspecified atom stereocenters. The van der Waals surface area contributed by atoms with Crippen molar-refractivity contribution in [2.24, 2.45) is 0 Å². The average Bonchev–Trinajstić information content (AvgIpc) is 3.31. The summed E-state index contributed by atoms with van der Waals surface area (Å²) in [6, 6.07) is 7.84. The van der Waals surface area contributed by atoms with Gasteiger partial charge in [0.15, 0.2) is 5.65 Å². The normalized spacial score (nSPS) is 17.0. The molecule has 7 nitrogen and oxygen atoms in total. The van der Waals surface area contributed by atoms with Crippen LogP contribution >= 0.6 is 11.8 Å². The Balaban J connectivity index is 1.43. The number of hydrogen-bond acceptors (Lipinski definition) is 6. The summed E-state index contributed by atoms with van der Waals surface area (Å²) in [5, 5.41) is 11.6. The minimum atomic E-state index is -0.326. The van der Waals surface area contributed by atoms with Crippen molar-refractivity contribution in [3.8, 4) is 0 Å². The molecule has 0 aliphatic carbocycles. The number of fused-ring (bicyclic) bond motifs is 1. The van der Waals surface area contributed by atoms with Gasteiger partial charge in [-0.05, 0) is 30.5 Å². The van der Waals surface area contributed by atoms with Crippen LogP contribution in [-0.4, -0.2) is 38.8 Å². The molecule has 1 aromatic carbocycles. The van der Waals surface area contributed by atoms with Gasteiger partial charge in [0.25, 0.3) is 5.91 Å². The second-order valence-corrected chi connectivity index (χ2v) is 6.76. The Morgan fingerprint density at radius 1 is 1.40 bits per heavy atom. The molecule has 1 atom stereocenters. The van der Waals surface area contributed by atoms with E-state index in [0.717, 1.165) is 45.9 Å². The number of carbonyl (C=O) groups excluding carboxylic acids is 1. The van der Waals surface area contributed by atoms with Crippen LogP contribution in [0.4, 0.5) is 5.69 Å². The number of rotatable bonds is 5. The number of carbonyl (C=O) groups is 1. The molecule has 4 rings (SSSR count).